The Labute approximate surface area is 96.4 Å². The number of morpholine rings is 1. The first-order valence-corrected chi connectivity index (χ1v) is 6.13. The smallest absolute Gasteiger partial charge is 0.0612 e. The van der Waals surface area contributed by atoms with Crippen molar-refractivity contribution in [1.29, 1.82) is 0 Å². The van der Waals surface area contributed by atoms with Crippen LogP contribution >= 0.6 is 0 Å². The van der Waals surface area contributed by atoms with E-state index >= 15 is 0 Å². The second kappa shape index (κ2) is 4.44. The summed E-state index contributed by atoms with van der Waals surface area (Å²) >= 11 is 0. The van der Waals surface area contributed by atoms with Crippen molar-refractivity contribution in [1.82, 2.24) is 5.01 Å². The molecule has 16 heavy (non-hydrogen) atoms. The first kappa shape index (κ1) is 10.1. The van der Waals surface area contributed by atoms with Crippen molar-refractivity contribution < 1.29 is 4.74 Å². The average molecular weight is 218 g/mol. The van der Waals surface area contributed by atoms with Crippen LogP contribution in [0, 0.1) is 0 Å². The Morgan fingerprint density at radius 1 is 1.06 bits per heavy atom. The number of ether oxygens (including phenoxy) is 1. The minimum absolute atomic E-state index is 0.831. The third kappa shape index (κ3) is 2.06. The normalized spacial score (nSPS) is 20.8. The lowest BCUT2D eigenvalue weighted by Crippen LogP contribution is -2.40. The van der Waals surface area contributed by atoms with Crippen molar-refractivity contribution >= 4 is 5.69 Å². The quantitative estimate of drug-likeness (QED) is 0.819. The molecule has 1 heterocycles. The fraction of sp³-hybridized carbons (Fsp3) is 0.538. The second-order valence-corrected chi connectivity index (χ2v) is 4.55. The molecule has 0 saturated carbocycles. The summed E-state index contributed by atoms with van der Waals surface area (Å²) in [6.07, 6.45) is 3.82. The molecule has 1 aliphatic heterocycles. The summed E-state index contributed by atoms with van der Waals surface area (Å²) in [4.78, 5) is 0. The monoisotopic (exact) mass is 218 g/mol. The summed E-state index contributed by atoms with van der Waals surface area (Å²) < 4.78 is 5.33. The van der Waals surface area contributed by atoms with E-state index in [4.69, 9.17) is 4.74 Å². The number of nitrogens with one attached hydrogen (secondary N) is 1. The van der Waals surface area contributed by atoms with Gasteiger partial charge in [-0.05, 0) is 42.5 Å². The molecular formula is C13H18N2O. The van der Waals surface area contributed by atoms with Crippen LogP contribution in [0.4, 0.5) is 5.69 Å². The second-order valence-electron chi connectivity index (χ2n) is 4.55. The predicted octanol–water partition coefficient (Wildman–Crippen LogP) is 1.83. The zero-order valence-corrected chi connectivity index (χ0v) is 9.54. The van der Waals surface area contributed by atoms with E-state index < -0.39 is 0 Å². The maximum atomic E-state index is 5.33. The minimum atomic E-state index is 0.831. The average Bonchev–Trinajstić information content (AvgIpc) is 2.77. The first-order valence-electron chi connectivity index (χ1n) is 6.13. The highest BCUT2D eigenvalue weighted by Gasteiger charge is 2.13. The number of hydrogen-bond acceptors (Lipinski definition) is 3. The maximum Gasteiger partial charge on any atom is 0.0612 e. The molecule has 1 N–H and O–H groups in total. The number of benzene rings is 1. The Bertz CT molecular complexity index is 372. The van der Waals surface area contributed by atoms with E-state index in [0.717, 1.165) is 26.3 Å². The third-order valence-electron chi connectivity index (χ3n) is 3.40. The van der Waals surface area contributed by atoms with Crippen LogP contribution in [0.3, 0.4) is 0 Å². The highest BCUT2D eigenvalue weighted by molar-refractivity contribution is 5.49. The van der Waals surface area contributed by atoms with Crippen LogP contribution in [-0.4, -0.2) is 31.3 Å². The minimum Gasteiger partial charge on any atom is -0.379 e. The van der Waals surface area contributed by atoms with Crippen molar-refractivity contribution in [3.63, 3.8) is 0 Å². The lowest BCUT2D eigenvalue weighted by atomic mass is 10.1. The molecule has 0 spiro atoms. The molecule has 86 valence electrons. The molecule has 0 unspecified atom stereocenters. The number of hydrogen-bond donors (Lipinski definition) is 1. The van der Waals surface area contributed by atoms with Crippen molar-refractivity contribution in [2.75, 3.05) is 31.7 Å². The van der Waals surface area contributed by atoms with Crippen molar-refractivity contribution in [3.05, 3.63) is 29.3 Å². The van der Waals surface area contributed by atoms with Crippen LogP contribution < -0.4 is 5.43 Å². The Morgan fingerprint density at radius 2 is 1.88 bits per heavy atom. The molecule has 1 aliphatic carbocycles. The molecule has 1 aromatic rings. The molecule has 0 atom stereocenters. The zero-order chi connectivity index (χ0) is 10.8. The highest BCUT2D eigenvalue weighted by Crippen LogP contribution is 2.25. The predicted molar refractivity (Wildman–Crippen MR) is 64.5 cm³/mol. The summed E-state index contributed by atoms with van der Waals surface area (Å²) in [5.41, 5.74) is 7.75. The van der Waals surface area contributed by atoms with Gasteiger partial charge in [0.15, 0.2) is 0 Å². The number of nitrogens with zero attached hydrogens (tertiary/aromatic N) is 1. The van der Waals surface area contributed by atoms with Gasteiger partial charge >= 0.3 is 0 Å². The van der Waals surface area contributed by atoms with Crippen LogP contribution in [0.25, 0.3) is 0 Å². The van der Waals surface area contributed by atoms with E-state index in [9.17, 15) is 0 Å². The molecule has 2 aliphatic rings. The van der Waals surface area contributed by atoms with Crippen molar-refractivity contribution in [2.24, 2.45) is 0 Å². The largest absolute Gasteiger partial charge is 0.379 e. The summed E-state index contributed by atoms with van der Waals surface area (Å²) in [5.74, 6) is 0. The van der Waals surface area contributed by atoms with Gasteiger partial charge in [-0.3, -0.25) is 0 Å². The topological polar surface area (TPSA) is 24.5 Å². The van der Waals surface area contributed by atoms with Crippen molar-refractivity contribution in [3.8, 4) is 0 Å². The molecule has 3 heteroatoms. The summed E-state index contributed by atoms with van der Waals surface area (Å²) in [5, 5.41) is 2.24. The number of anilines is 1. The van der Waals surface area contributed by atoms with Crippen LogP contribution in [0.1, 0.15) is 17.5 Å². The summed E-state index contributed by atoms with van der Waals surface area (Å²) in [6, 6.07) is 6.77. The van der Waals surface area contributed by atoms with E-state index in [2.05, 4.69) is 28.6 Å². The van der Waals surface area contributed by atoms with Gasteiger partial charge in [-0.1, -0.05) is 6.07 Å². The van der Waals surface area contributed by atoms with Gasteiger partial charge in [0.2, 0.25) is 0 Å². The Hall–Kier alpha value is -1.06. The molecule has 3 nitrogen and oxygen atoms in total. The van der Waals surface area contributed by atoms with Gasteiger partial charge in [0.25, 0.3) is 0 Å². The molecule has 1 saturated heterocycles. The van der Waals surface area contributed by atoms with Gasteiger partial charge in [0.1, 0.15) is 0 Å². The molecule has 3 rings (SSSR count). The summed E-state index contributed by atoms with van der Waals surface area (Å²) in [6.45, 7) is 3.60. The molecule has 0 aromatic heterocycles. The van der Waals surface area contributed by atoms with Crippen LogP contribution in [-0.2, 0) is 17.6 Å². The van der Waals surface area contributed by atoms with Gasteiger partial charge in [-0.25, -0.2) is 5.01 Å². The van der Waals surface area contributed by atoms with Gasteiger partial charge in [0, 0.05) is 18.8 Å². The number of aryl methyl sites for hydroxylation is 2. The van der Waals surface area contributed by atoms with E-state index in [0.29, 0.717) is 0 Å². The molecule has 1 aromatic carbocycles. The van der Waals surface area contributed by atoms with Gasteiger partial charge in [-0.2, -0.15) is 0 Å². The van der Waals surface area contributed by atoms with Gasteiger partial charge in [0.05, 0.1) is 13.2 Å². The van der Waals surface area contributed by atoms with Crippen LogP contribution in [0.15, 0.2) is 18.2 Å². The van der Waals surface area contributed by atoms with Crippen molar-refractivity contribution in [2.45, 2.75) is 19.3 Å². The first-order chi connectivity index (χ1) is 7.92. The molecule has 0 amide bonds. The standard InChI is InChI=1S/C13H18N2O/c1-2-11-4-5-13(10-12(11)3-1)14-15-6-8-16-9-7-15/h4-5,10,14H,1-3,6-9H2. The van der Waals surface area contributed by atoms with E-state index in [1.807, 2.05) is 0 Å². The molecule has 0 radical (unpaired) electrons. The highest BCUT2D eigenvalue weighted by atomic mass is 16.5. The number of hydrazine groups is 1. The Kier molecular flexibility index (Phi) is 2.80. The van der Waals surface area contributed by atoms with E-state index in [-0.39, 0.29) is 0 Å². The Morgan fingerprint density at radius 3 is 2.75 bits per heavy atom. The number of rotatable bonds is 2. The maximum absolute atomic E-state index is 5.33. The van der Waals surface area contributed by atoms with Crippen LogP contribution in [0.2, 0.25) is 0 Å². The fourth-order valence-electron chi connectivity index (χ4n) is 2.50. The lowest BCUT2D eigenvalue weighted by molar-refractivity contribution is 0.0497. The zero-order valence-electron chi connectivity index (χ0n) is 9.54. The van der Waals surface area contributed by atoms with Crippen LogP contribution in [0.5, 0.6) is 0 Å². The third-order valence-corrected chi connectivity index (χ3v) is 3.40. The van der Waals surface area contributed by atoms with E-state index in [1.165, 1.54) is 36.1 Å². The molecular weight excluding hydrogens is 200 g/mol. The molecule has 0 bridgehead atoms. The number of fused-ring (bicyclic) bond motifs is 1. The van der Waals surface area contributed by atoms with Gasteiger partial charge in [-0.15, -0.1) is 0 Å². The van der Waals surface area contributed by atoms with Gasteiger partial charge < -0.3 is 10.2 Å². The SMILES string of the molecule is c1cc2c(cc1NN1CCOCC1)CCC2. The molecule has 1 fully saturated rings. The fourth-order valence-corrected chi connectivity index (χ4v) is 2.50. The summed E-state index contributed by atoms with van der Waals surface area (Å²) in [7, 11) is 0. The Balaban J connectivity index is 1.69. The lowest BCUT2D eigenvalue weighted by Gasteiger charge is -2.28. The van der Waals surface area contributed by atoms with E-state index in [1.54, 1.807) is 0 Å².